The molecule has 0 atom stereocenters. The van der Waals surface area contributed by atoms with Crippen molar-refractivity contribution in [3.8, 4) is 11.1 Å². The smallest absolute Gasteiger partial charge is 0.0208 e. The zero-order chi connectivity index (χ0) is 14.1. The highest BCUT2D eigenvalue weighted by atomic mass is 14.9. The first-order valence-corrected chi connectivity index (χ1v) is 7.54. The number of hydrogen-bond donors (Lipinski definition) is 1. The fraction of sp³-hybridized carbons (Fsp3) is 0.368. The Morgan fingerprint density at radius 3 is 2.20 bits per heavy atom. The fourth-order valence-electron chi connectivity index (χ4n) is 2.62. The summed E-state index contributed by atoms with van der Waals surface area (Å²) >= 11 is 0. The lowest BCUT2D eigenvalue weighted by Gasteiger charge is -2.11. The van der Waals surface area contributed by atoms with Crippen LogP contribution in [-0.4, -0.2) is 6.04 Å². The minimum Gasteiger partial charge on any atom is -0.310 e. The molecule has 1 saturated carbocycles. The van der Waals surface area contributed by atoms with Crippen LogP contribution in [0.15, 0.2) is 36.4 Å². The molecule has 0 spiro atoms. The van der Waals surface area contributed by atoms with Crippen molar-refractivity contribution in [3.05, 3.63) is 58.7 Å². The van der Waals surface area contributed by atoms with Crippen LogP contribution in [0.4, 0.5) is 0 Å². The number of nitrogens with one attached hydrogen (secondary N) is 1. The van der Waals surface area contributed by atoms with Crippen molar-refractivity contribution in [1.29, 1.82) is 0 Å². The third kappa shape index (κ3) is 2.94. The van der Waals surface area contributed by atoms with Crippen molar-refractivity contribution in [2.45, 2.75) is 46.2 Å². The van der Waals surface area contributed by atoms with E-state index in [0.29, 0.717) is 0 Å². The largest absolute Gasteiger partial charge is 0.310 e. The number of benzene rings is 2. The fourth-order valence-corrected chi connectivity index (χ4v) is 2.62. The van der Waals surface area contributed by atoms with Gasteiger partial charge in [0.05, 0.1) is 0 Å². The van der Waals surface area contributed by atoms with Gasteiger partial charge in [0.25, 0.3) is 0 Å². The third-order valence-corrected chi connectivity index (χ3v) is 4.28. The SMILES string of the molecule is Cc1cc(C)c(-c2ccc(CNC3CC3)cc2)cc1C. The van der Waals surface area contributed by atoms with E-state index in [0.717, 1.165) is 12.6 Å². The standard InChI is InChI=1S/C19H23N/c1-13-10-15(3)19(11-14(13)2)17-6-4-16(5-7-17)12-20-18-8-9-18/h4-7,10-11,18,20H,8-9,12H2,1-3H3. The minimum atomic E-state index is 0.775. The molecular formula is C19H23N. The van der Waals surface area contributed by atoms with Gasteiger partial charge in [-0.05, 0) is 67.0 Å². The molecule has 104 valence electrons. The summed E-state index contributed by atoms with van der Waals surface area (Å²) in [6.45, 7) is 7.56. The second-order valence-electron chi connectivity index (χ2n) is 6.10. The molecule has 3 rings (SSSR count). The van der Waals surface area contributed by atoms with Crippen LogP contribution in [0.5, 0.6) is 0 Å². The van der Waals surface area contributed by atoms with Gasteiger partial charge in [-0.1, -0.05) is 36.4 Å². The monoisotopic (exact) mass is 265 g/mol. The molecule has 0 radical (unpaired) electrons. The van der Waals surface area contributed by atoms with E-state index >= 15 is 0 Å². The van der Waals surface area contributed by atoms with Crippen molar-refractivity contribution in [2.75, 3.05) is 0 Å². The third-order valence-electron chi connectivity index (χ3n) is 4.28. The maximum Gasteiger partial charge on any atom is 0.0208 e. The first-order valence-electron chi connectivity index (χ1n) is 7.54. The number of hydrogen-bond acceptors (Lipinski definition) is 1. The molecule has 1 N–H and O–H groups in total. The summed E-state index contributed by atoms with van der Waals surface area (Å²) in [5.74, 6) is 0. The molecule has 2 aromatic rings. The maximum absolute atomic E-state index is 3.56. The molecule has 0 aromatic heterocycles. The van der Waals surface area contributed by atoms with E-state index < -0.39 is 0 Å². The topological polar surface area (TPSA) is 12.0 Å². The van der Waals surface area contributed by atoms with Gasteiger partial charge in [-0.2, -0.15) is 0 Å². The zero-order valence-corrected chi connectivity index (χ0v) is 12.7. The van der Waals surface area contributed by atoms with E-state index in [1.807, 2.05) is 0 Å². The highest BCUT2D eigenvalue weighted by Crippen LogP contribution is 2.27. The summed E-state index contributed by atoms with van der Waals surface area (Å²) < 4.78 is 0. The Morgan fingerprint density at radius 1 is 0.900 bits per heavy atom. The quantitative estimate of drug-likeness (QED) is 0.856. The van der Waals surface area contributed by atoms with Gasteiger partial charge < -0.3 is 5.32 Å². The van der Waals surface area contributed by atoms with Gasteiger partial charge in [-0.25, -0.2) is 0 Å². The van der Waals surface area contributed by atoms with Crippen molar-refractivity contribution in [1.82, 2.24) is 5.32 Å². The van der Waals surface area contributed by atoms with Gasteiger partial charge in [0.1, 0.15) is 0 Å². The lowest BCUT2D eigenvalue weighted by atomic mass is 9.95. The normalized spacial score (nSPS) is 14.6. The summed E-state index contributed by atoms with van der Waals surface area (Å²) in [6.07, 6.45) is 2.69. The van der Waals surface area contributed by atoms with Crippen LogP contribution in [-0.2, 0) is 6.54 Å². The molecule has 0 bridgehead atoms. The first-order chi connectivity index (χ1) is 9.63. The van der Waals surface area contributed by atoms with Gasteiger partial charge >= 0.3 is 0 Å². The first kappa shape index (κ1) is 13.4. The van der Waals surface area contributed by atoms with E-state index in [1.165, 1.54) is 46.2 Å². The molecule has 0 heterocycles. The van der Waals surface area contributed by atoms with Crippen LogP contribution in [0.3, 0.4) is 0 Å². The van der Waals surface area contributed by atoms with Crippen LogP contribution < -0.4 is 5.32 Å². The van der Waals surface area contributed by atoms with E-state index in [4.69, 9.17) is 0 Å². The summed E-state index contributed by atoms with van der Waals surface area (Å²) in [4.78, 5) is 0. The molecule has 0 unspecified atom stereocenters. The minimum absolute atomic E-state index is 0.775. The molecule has 1 nitrogen and oxygen atoms in total. The second kappa shape index (κ2) is 5.41. The Balaban J connectivity index is 1.81. The van der Waals surface area contributed by atoms with Crippen LogP contribution in [0, 0.1) is 20.8 Å². The molecule has 2 aromatic carbocycles. The van der Waals surface area contributed by atoms with Gasteiger partial charge in [-0.15, -0.1) is 0 Å². The van der Waals surface area contributed by atoms with Crippen molar-refractivity contribution >= 4 is 0 Å². The van der Waals surface area contributed by atoms with Crippen molar-refractivity contribution in [3.63, 3.8) is 0 Å². The average molecular weight is 265 g/mol. The van der Waals surface area contributed by atoms with Crippen molar-refractivity contribution < 1.29 is 0 Å². The van der Waals surface area contributed by atoms with Gasteiger partial charge in [0, 0.05) is 12.6 Å². The van der Waals surface area contributed by atoms with Gasteiger partial charge in [0.15, 0.2) is 0 Å². The molecule has 1 aliphatic carbocycles. The van der Waals surface area contributed by atoms with E-state index in [1.54, 1.807) is 0 Å². The van der Waals surface area contributed by atoms with Crippen LogP contribution in [0.1, 0.15) is 35.1 Å². The van der Waals surface area contributed by atoms with Crippen LogP contribution >= 0.6 is 0 Å². The predicted molar refractivity (Wildman–Crippen MR) is 86.0 cm³/mol. The molecule has 1 fully saturated rings. The Kier molecular flexibility index (Phi) is 3.62. The summed E-state index contributed by atoms with van der Waals surface area (Å²) in [5, 5.41) is 3.56. The molecule has 0 saturated heterocycles. The average Bonchev–Trinajstić information content (AvgIpc) is 3.25. The van der Waals surface area contributed by atoms with Crippen LogP contribution in [0.25, 0.3) is 11.1 Å². The predicted octanol–water partition coefficient (Wildman–Crippen LogP) is 4.53. The Bertz CT molecular complexity index is 606. The molecule has 20 heavy (non-hydrogen) atoms. The van der Waals surface area contributed by atoms with E-state index in [-0.39, 0.29) is 0 Å². The molecule has 1 aliphatic rings. The molecular weight excluding hydrogens is 242 g/mol. The number of rotatable bonds is 4. The zero-order valence-electron chi connectivity index (χ0n) is 12.7. The van der Waals surface area contributed by atoms with Crippen LogP contribution in [0.2, 0.25) is 0 Å². The lowest BCUT2D eigenvalue weighted by Crippen LogP contribution is -2.15. The summed E-state index contributed by atoms with van der Waals surface area (Å²) in [7, 11) is 0. The second-order valence-corrected chi connectivity index (χ2v) is 6.10. The van der Waals surface area contributed by atoms with Gasteiger partial charge in [0.2, 0.25) is 0 Å². The molecule has 0 aliphatic heterocycles. The lowest BCUT2D eigenvalue weighted by molar-refractivity contribution is 0.688. The van der Waals surface area contributed by atoms with Gasteiger partial charge in [-0.3, -0.25) is 0 Å². The Labute approximate surface area is 122 Å². The molecule has 1 heteroatoms. The van der Waals surface area contributed by atoms with E-state index in [2.05, 4.69) is 62.5 Å². The Morgan fingerprint density at radius 2 is 1.55 bits per heavy atom. The Hall–Kier alpha value is -1.60. The maximum atomic E-state index is 3.56. The van der Waals surface area contributed by atoms with Crippen molar-refractivity contribution in [2.24, 2.45) is 0 Å². The summed E-state index contributed by atoms with van der Waals surface area (Å²) in [5.41, 5.74) is 8.15. The highest BCUT2D eigenvalue weighted by Gasteiger charge is 2.19. The highest BCUT2D eigenvalue weighted by molar-refractivity contribution is 5.68. The summed E-state index contributed by atoms with van der Waals surface area (Å²) in [6, 6.07) is 14.4. The molecule has 0 amide bonds. The van der Waals surface area contributed by atoms with E-state index in [9.17, 15) is 0 Å². The number of aryl methyl sites for hydroxylation is 3.